The molecule has 2 unspecified atom stereocenters. The number of benzene rings is 1. The Morgan fingerprint density at radius 1 is 1.21 bits per heavy atom. The molecule has 71 valence electrons. The highest BCUT2D eigenvalue weighted by Crippen LogP contribution is 2.44. The van der Waals surface area contributed by atoms with E-state index in [0.717, 1.165) is 13.1 Å². The normalized spacial score (nSPS) is 29.0. The van der Waals surface area contributed by atoms with Crippen molar-refractivity contribution in [3.63, 3.8) is 0 Å². The molecule has 2 bridgehead atoms. The molecule has 2 aliphatic rings. The Bertz CT molecular complexity index is 351. The fourth-order valence-electron chi connectivity index (χ4n) is 2.73. The topological polar surface area (TPSA) is 12.0 Å². The summed E-state index contributed by atoms with van der Waals surface area (Å²) in [6.45, 7) is 9.81. The molecule has 0 aromatic heterocycles. The van der Waals surface area contributed by atoms with Crippen molar-refractivity contribution in [1.82, 2.24) is 5.32 Å². The van der Waals surface area contributed by atoms with Crippen LogP contribution in [0, 0.1) is 6.92 Å². The van der Waals surface area contributed by atoms with Gasteiger partial charge in [-0.05, 0) is 41.0 Å². The molecule has 2 atom stereocenters. The highest BCUT2D eigenvalue weighted by Gasteiger charge is 2.34. The predicted molar refractivity (Wildman–Crippen MR) is 56.8 cm³/mol. The summed E-state index contributed by atoms with van der Waals surface area (Å²) in [4.78, 5) is 0. The van der Waals surface area contributed by atoms with Gasteiger partial charge < -0.3 is 5.32 Å². The predicted octanol–water partition coefficient (Wildman–Crippen LogP) is 2.45. The van der Waals surface area contributed by atoms with E-state index in [-0.39, 0.29) is 0 Å². The summed E-state index contributed by atoms with van der Waals surface area (Å²) in [5.74, 6) is 1.24. The van der Waals surface area contributed by atoms with E-state index in [9.17, 15) is 0 Å². The summed E-state index contributed by atoms with van der Waals surface area (Å²) in [6, 6.07) is 3.95. The van der Waals surface area contributed by atoms with Crippen molar-refractivity contribution in [1.29, 1.82) is 0 Å². The van der Waals surface area contributed by atoms with Gasteiger partial charge in [-0.3, -0.25) is 0 Å². The van der Waals surface area contributed by atoms with Crippen molar-refractivity contribution in [3.05, 3.63) is 40.8 Å². The van der Waals surface area contributed by atoms with E-state index in [4.69, 9.17) is 18.5 Å². The van der Waals surface area contributed by atoms with E-state index in [1.807, 2.05) is 12.1 Å². The van der Waals surface area contributed by atoms with Crippen LogP contribution in [0.5, 0.6) is 0 Å². The largest absolute Gasteiger partial charge is 0.316 e. The Morgan fingerprint density at radius 2 is 1.86 bits per heavy atom. The van der Waals surface area contributed by atoms with E-state index in [2.05, 4.69) is 5.32 Å². The zero-order valence-corrected chi connectivity index (χ0v) is 8.56. The quantitative estimate of drug-likeness (QED) is 0.685. The Kier molecular flexibility index (Phi) is 1.86. The number of nitrogens with one attached hydrogen (secondary N) is 1. The summed E-state index contributed by atoms with van der Waals surface area (Å²) in [7, 11) is 0. The van der Waals surface area contributed by atoms with Crippen molar-refractivity contribution in [2.75, 3.05) is 13.1 Å². The van der Waals surface area contributed by atoms with Crippen molar-refractivity contribution >= 4 is 11.6 Å². The highest BCUT2D eigenvalue weighted by atomic mass is 35.5. The van der Waals surface area contributed by atoms with Crippen LogP contribution in [0.3, 0.4) is 0 Å². The first-order valence-electron chi connectivity index (χ1n) is 5.01. The van der Waals surface area contributed by atoms with E-state index >= 15 is 0 Å². The fraction of sp³-hybridized carbons (Fsp3) is 0.417. The Balaban J connectivity index is 2.17. The molecule has 1 aliphatic carbocycles. The van der Waals surface area contributed by atoms with Crippen LogP contribution < -0.4 is 5.32 Å². The summed E-state index contributed by atoms with van der Waals surface area (Å²) in [6.07, 6.45) is 1.24. The fourth-order valence-corrected chi connectivity index (χ4v) is 2.90. The number of piperidine rings is 1. The minimum Gasteiger partial charge on any atom is -0.316 e. The highest BCUT2D eigenvalue weighted by molar-refractivity contribution is 6.31. The van der Waals surface area contributed by atoms with Gasteiger partial charge in [-0.15, -0.1) is 0 Å². The van der Waals surface area contributed by atoms with Gasteiger partial charge in [0.05, 0.1) is 0 Å². The lowest BCUT2D eigenvalue weighted by atomic mass is 9.98. The van der Waals surface area contributed by atoms with Gasteiger partial charge >= 0.3 is 0 Å². The molecular weight excluding hydrogens is 194 g/mol. The molecule has 1 aliphatic heterocycles. The Morgan fingerprint density at radius 3 is 2.57 bits per heavy atom. The Labute approximate surface area is 89.5 Å². The summed E-state index contributed by atoms with van der Waals surface area (Å²) >= 11 is 5.97. The van der Waals surface area contributed by atoms with Crippen molar-refractivity contribution < 1.29 is 0 Å². The van der Waals surface area contributed by atoms with E-state index in [0.29, 0.717) is 22.4 Å². The number of rotatable bonds is 0. The van der Waals surface area contributed by atoms with Gasteiger partial charge in [0, 0.05) is 25.0 Å². The lowest BCUT2D eigenvalue weighted by molar-refractivity contribution is 0.454. The van der Waals surface area contributed by atoms with Crippen molar-refractivity contribution in [2.45, 2.75) is 18.3 Å². The van der Waals surface area contributed by atoms with Crippen molar-refractivity contribution in [3.8, 4) is 0 Å². The van der Waals surface area contributed by atoms with Crippen LogP contribution in [0.25, 0.3) is 0 Å². The summed E-state index contributed by atoms with van der Waals surface area (Å²) < 4.78 is 0. The third kappa shape index (κ3) is 1.12. The number of hydrogen-bond acceptors (Lipinski definition) is 1. The third-order valence-electron chi connectivity index (χ3n) is 3.40. The zero-order valence-electron chi connectivity index (χ0n) is 7.81. The summed E-state index contributed by atoms with van der Waals surface area (Å²) in [5, 5.41) is 4.02. The van der Waals surface area contributed by atoms with Gasteiger partial charge in [-0.2, -0.15) is 0 Å². The molecule has 0 amide bonds. The van der Waals surface area contributed by atoms with E-state index in [1.54, 1.807) is 0 Å². The molecule has 1 N–H and O–H groups in total. The zero-order chi connectivity index (χ0) is 9.71. The molecule has 1 nitrogen and oxygen atoms in total. The van der Waals surface area contributed by atoms with Crippen LogP contribution in [0.4, 0.5) is 0 Å². The second-order valence-electron chi connectivity index (χ2n) is 4.25. The second kappa shape index (κ2) is 2.98. The van der Waals surface area contributed by atoms with Crippen molar-refractivity contribution in [2.24, 2.45) is 0 Å². The minimum absolute atomic E-state index is 0.470. The van der Waals surface area contributed by atoms with Gasteiger partial charge in [0.25, 0.3) is 0 Å². The maximum absolute atomic E-state index is 7.69. The maximum atomic E-state index is 7.69. The molecule has 1 saturated heterocycles. The molecule has 0 saturated carbocycles. The smallest absolute Gasteiger partial charge is 0.0447 e. The van der Waals surface area contributed by atoms with E-state index in [1.165, 1.54) is 17.5 Å². The Hall–Kier alpha value is -0.530. The van der Waals surface area contributed by atoms with Gasteiger partial charge in [0.15, 0.2) is 0 Å². The van der Waals surface area contributed by atoms with Crippen LogP contribution in [0.2, 0.25) is 5.02 Å². The molecule has 3 radical (unpaired) electrons. The molecule has 3 rings (SSSR count). The number of fused-ring (bicyclic) bond motifs is 5. The first kappa shape index (κ1) is 8.75. The average Bonchev–Trinajstić information content (AvgIpc) is 2.42. The second-order valence-corrected chi connectivity index (χ2v) is 4.66. The first-order chi connectivity index (χ1) is 6.75. The van der Waals surface area contributed by atoms with Gasteiger partial charge in [-0.25, -0.2) is 0 Å². The average molecular weight is 205 g/mol. The lowest BCUT2D eigenvalue weighted by Crippen LogP contribution is -2.28. The monoisotopic (exact) mass is 204 g/mol. The number of halogens is 1. The molecule has 1 heterocycles. The minimum atomic E-state index is 0.470. The molecule has 2 heteroatoms. The maximum Gasteiger partial charge on any atom is 0.0447 e. The standard InChI is InChI=1S/C12H11ClN/c1-7-2-10-8-3-9(6-14-5-8)11(10)4-12(7)13/h2,4,8-9,14H,3,5-6H2. The van der Waals surface area contributed by atoms with Crippen LogP contribution in [0.15, 0.2) is 12.1 Å². The van der Waals surface area contributed by atoms with Gasteiger partial charge in [0.1, 0.15) is 0 Å². The van der Waals surface area contributed by atoms with Crippen LogP contribution in [-0.4, -0.2) is 13.1 Å². The SMILES string of the molecule is [C]c1cc2c(cc1Cl)C1CNCC2C1. The van der Waals surface area contributed by atoms with Crippen LogP contribution in [0.1, 0.15) is 34.9 Å². The van der Waals surface area contributed by atoms with E-state index < -0.39 is 0 Å². The molecule has 1 aromatic rings. The molecule has 1 fully saturated rings. The van der Waals surface area contributed by atoms with Gasteiger partial charge in [0.2, 0.25) is 0 Å². The first-order valence-corrected chi connectivity index (χ1v) is 5.39. The lowest BCUT2D eigenvalue weighted by Gasteiger charge is -2.19. The van der Waals surface area contributed by atoms with Gasteiger partial charge in [-0.1, -0.05) is 17.7 Å². The number of hydrogen-bond donors (Lipinski definition) is 1. The van der Waals surface area contributed by atoms with Crippen LogP contribution >= 0.6 is 11.6 Å². The molecule has 14 heavy (non-hydrogen) atoms. The molecule has 0 spiro atoms. The van der Waals surface area contributed by atoms with Crippen LogP contribution in [-0.2, 0) is 0 Å². The molecular formula is C12H11ClN. The molecule has 1 aromatic carbocycles. The third-order valence-corrected chi connectivity index (χ3v) is 3.72. The summed E-state index contributed by atoms with van der Waals surface area (Å²) in [5.41, 5.74) is 3.20.